The van der Waals surface area contributed by atoms with Gasteiger partial charge < -0.3 is 4.98 Å². The Labute approximate surface area is 78.8 Å². The van der Waals surface area contributed by atoms with Gasteiger partial charge in [-0.05, 0) is 30.0 Å². The summed E-state index contributed by atoms with van der Waals surface area (Å²) in [5.74, 6) is 0. The summed E-state index contributed by atoms with van der Waals surface area (Å²) < 4.78 is 0. The highest BCUT2D eigenvalue weighted by Crippen LogP contribution is 2.20. The smallest absolute Gasteiger partial charge is 0.0459 e. The van der Waals surface area contributed by atoms with Gasteiger partial charge in [0.05, 0.1) is 0 Å². The minimum absolute atomic E-state index is 1.10. The summed E-state index contributed by atoms with van der Waals surface area (Å²) in [6, 6.07) is 6.69. The fraction of sp³-hybridized carbons (Fsp3) is 0.333. The number of benzene rings is 1. The van der Waals surface area contributed by atoms with E-state index in [0.717, 1.165) is 12.8 Å². The van der Waals surface area contributed by atoms with E-state index in [0.29, 0.717) is 0 Å². The molecule has 1 N–H and O–H groups in total. The molecule has 1 aromatic heterocycles. The van der Waals surface area contributed by atoms with Gasteiger partial charge in [0.15, 0.2) is 0 Å². The van der Waals surface area contributed by atoms with E-state index >= 15 is 0 Å². The average molecular weight is 173 g/mol. The van der Waals surface area contributed by atoms with Crippen LogP contribution in [0.15, 0.2) is 24.4 Å². The van der Waals surface area contributed by atoms with Gasteiger partial charge in [0.25, 0.3) is 0 Å². The van der Waals surface area contributed by atoms with Gasteiger partial charge in [-0.25, -0.2) is 0 Å². The first kappa shape index (κ1) is 8.36. The maximum Gasteiger partial charge on any atom is 0.0459 e. The van der Waals surface area contributed by atoms with Crippen molar-refractivity contribution in [3.8, 4) is 0 Å². The lowest BCUT2D eigenvalue weighted by Gasteiger charge is -1.97. The second-order valence-electron chi connectivity index (χ2n) is 3.40. The molecule has 0 aliphatic rings. The average Bonchev–Trinajstić information content (AvgIpc) is 2.59. The Bertz CT molecular complexity index is 412. The van der Waals surface area contributed by atoms with E-state index in [1.165, 1.54) is 22.0 Å². The standard InChI is InChI=1S/C12H15N/c1-3-9-5-6-11-10(4-2)8-13-12(11)7-9/h5-8,13H,3-4H2,1-2H3. The molecule has 0 unspecified atom stereocenters. The lowest BCUT2D eigenvalue weighted by Crippen LogP contribution is -1.80. The van der Waals surface area contributed by atoms with Crippen molar-refractivity contribution in [1.29, 1.82) is 0 Å². The highest BCUT2D eigenvalue weighted by molar-refractivity contribution is 5.83. The highest BCUT2D eigenvalue weighted by atomic mass is 14.7. The number of hydrogen-bond acceptors (Lipinski definition) is 0. The zero-order chi connectivity index (χ0) is 9.26. The second-order valence-corrected chi connectivity index (χ2v) is 3.40. The molecule has 2 aromatic rings. The molecule has 0 aliphatic carbocycles. The SMILES string of the molecule is CCc1ccc2c(CC)c[nH]c2c1. The van der Waals surface area contributed by atoms with Crippen molar-refractivity contribution in [2.24, 2.45) is 0 Å². The van der Waals surface area contributed by atoms with Gasteiger partial charge in [0.2, 0.25) is 0 Å². The third-order valence-corrected chi connectivity index (χ3v) is 2.62. The van der Waals surface area contributed by atoms with Crippen LogP contribution in [-0.4, -0.2) is 4.98 Å². The molecule has 1 heteroatoms. The maximum atomic E-state index is 3.31. The summed E-state index contributed by atoms with van der Waals surface area (Å²) in [6.45, 7) is 4.38. The van der Waals surface area contributed by atoms with Gasteiger partial charge >= 0.3 is 0 Å². The van der Waals surface area contributed by atoms with Gasteiger partial charge in [-0.2, -0.15) is 0 Å². The van der Waals surface area contributed by atoms with Crippen molar-refractivity contribution in [1.82, 2.24) is 4.98 Å². The summed E-state index contributed by atoms with van der Waals surface area (Å²) in [7, 11) is 0. The number of aromatic nitrogens is 1. The first-order chi connectivity index (χ1) is 6.35. The van der Waals surface area contributed by atoms with Crippen LogP contribution >= 0.6 is 0 Å². The van der Waals surface area contributed by atoms with E-state index in [1.54, 1.807) is 0 Å². The van der Waals surface area contributed by atoms with Crippen LogP contribution in [-0.2, 0) is 12.8 Å². The third kappa shape index (κ3) is 1.35. The molecule has 1 nitrogen and oxygen atoms in total. The molecule has 0 radical (unpaired) electrons. The van der Waals surface area contributed by atoms with Crippen molar-refractivity contribution in [3.05, 3.63) is 35.5 Å². The normalized spacial score (nSPS) is 10.9. The van der Waals surface area contributed by atoms with Crippen LogP contribution in [0, 0.1) is 0 Å². The fourth-order valence-electron chi connectivity index (χ4n) is 1.75. The topological polar surface area (TPSA) is 15.8 Å². The van der Waals surface area contributed by atoms with Gasteiger partial charge in [0.1, 0.15) is 0 Å². The maximum absolute atomic E-state index is 3.31. The van der Waals surface area contributed by atoms with E-state index < -0.39 is 0 Å². The Morgan fingerprint density at radius 3 is 2.69 bits per heavy atom. The van der Waals surface area contributed by atoms with Gasteiger partial charge in [-0.15, -0.1) is 0 Å². The van der Waals surface area contributed by atoms with Crippen LogP contribution in [0.4, 0.5) is 0 Å². The molecule has 0 saturated carbocycles. The van der Waals surface area contributed by atoms with Crippen LogP contribution in [0.1, 0.15) is 25.0 Å². The summed E-state index contributed by atoms with van der Waals surface area (Å²) in [5, 5.41) is 1.37. The van der Waals surface area contributed by atoms with Crippen molar-refractivity contribution >= 4 is 10.9 Å². The van der Waals surface area contributed by atoms with E-state index in [4.69, 9.17) is 0 Å². The molecule has 68 valence electrons. The zero-order valence-electron chi connectivity index (χ0n) is 8.22. The summed E-state index contributed by atoms with van der Waals surface area (Å²) in [4.78, 5) is 3.31. The van der Waals surface area contributed by atoms with Crippen molar-refractivity contribution in [2.75, 3.05) is 0 Å². The van der Waals surface area contributed by atoms with Gasteiger partial charge in [-0.1, -0.05) is 26.0 Å². The van der Waals surface area contributed by atoms with Crippen LogP contribution in [0.2, 0.25) is 0 Å². The number of H-pyrrole nitrogens is 1. The highest BCUT2D eigenvalue weighted by Gasteiger charge is 2.01. The predicted molar refractivity (Wildman–Crippen MR) is 57.1 cm³/mol. The van der Waals surface area contributed by atoms with Crippen LogP contribution in [0.25, 0.3) is 10.9 Å². The number of aryl methyl sites for hydroxylation is 2. The van der Waals surface area contributed by atoms with Crippen LogP contribution in [0.5, 0.6) is 0 Å². The summed E-state index contributed by atoms with van der Waals surface area (Å²) in [5.41, 5.74) is 4.09. The third-order valence-electron chi connectivity index (χ3n) is 2.62. The van der Waals surface area contributed by atoms with Gasteiger partial charge in [0, 0.05) is 17.1 Å². The molecule has 0 bridgehead atoms. The second kappa shape index (κ2) is 3.25. The molecular formula is C12H15N. The molecule has 0 saturated heterocycles. The van der Waals surface area contributed by atoms with Crippen molar-refractivity contribution < 1.29 is 0 Å². The molecule has 2 rings (SSSR count). The largest absolute Gasteiger partial charge is 0.361 e. The fourth-order valence-corrected chi connectivity index (χ4v) is 1.75. The van der Waals surface area contributed by atoms with Crippen molar-refractivity contribution in [3.63, 3.8) is 0 Å². The number of aromatic amines is 1. The summed E-state index contributed by atoms with van der Waals surface area (Å²) in [6.07, 6.45) is 4.33. The molecule has 0 amide bonds. The van der Waals surface area contributed by atoms with E-state index in [1.807, 2.05) is 0 Å². The van der Waals surface area contributed by atoms with E-state index in [2.05, 4.69) is 43.2 Å². The van der Waals surface area contributed by atoms with E-state index in [9.17, 15) is 0 Å². The molecular weight excluding hydrogens is 158 g/mol. The Morgan fingerprint density at radius 1 is 1.15 bits per heavy atom. The summed E-state index contributed by atoms with van der Waals surface area (Å²) >= 11 is 0. The molecule has 0 atom stereocenters. The number of fused-ring (bicyclic) bond motifs is 1. The first-order valence-electron chi connectivity index (χ1n) is 4.94. The minimum atomic E-state index is 1.10. The Balaban J connectivity index is 2.61. The number of nitrogens with one attached hydrogen (secondary N) is 1. The molecule has 13 heavy (non-hydrogen) atoms. The first-order valence-corrected chi connectivity index (χ1v) is 4.94. The molecule has 0 aliphatic heterocycles. The Kier molecular flexibility index (Phi) is 2.09. The van der Waals surface area contributed by atoms with E-state index in [-0.39, 0.29) is 0 Å². The molecule has 1 aromatic carbocycles. The molecule has 1 heterocycles. The zero-order valence-corrected chi connectivity index (χ0v) is 8.22. The lowest BCUT2D eigenvalue weighted by molar-refractivity contribution is 1.14. The predicted octanol–water partition coefficient (Wildman–Crippen LogP) is 3.29. The Morgan fingerprint density at radius 2 is 2.00 bits per heavy atom. The Hall–Kier alpha value is -1.24. The van der Waals surface area contributed by atoms with Crippen LogP contribution < -0.4 is 0 Å². The van der Waals surface area contributed by atoms with Crippen LogP contribution in [0.3, 0.4) is 0 Å². The number of rotatable bonds is 2. The quantitative estimate of drug-likeness (QED) is 0.717. The number of hydrogen-bond donors (Lipinski definition) is 1. The molecule has 0 spiro atoms. The molecule has 0 fully saturated rings. The van der Waals surface area contributed by atoms with Crippen molar-refractivity contribution in [2.45, 2.75) is 26.7 Å². The minimum Gasteiger partial charge on any atom is -0.361 e. The van der Waals surface area contributed by atoms with Gasteiger partial charge in [-0.3, -0.25) is 0 Å². The monoisotopic (exact) mass is 173 g/mol. The lowest BCUT2D eigenvalue weighted by atomic mass is 10.1.